The normalized spacial score (nSPS) is 23.7. The average molecular weight is 156 g/mol. The van der Waals surface area contributed by atoms with Crippen LogP contribution >= 0.6 is 0 Å². The molecular formula is C9H20N2. The van der Waals surface area contributed by atoms with Crippen molar-refractivity contribution >= 4 is 0 Å². The largest absolute Gasteiger partial charge is 0.325 e. The third kappa shape index (κ3) is 2.46. The fourth-order valence-electron chi connectivity index (χ4n) is 1.74. The topological polar surface area (TPSA) is 29.3 Å². The highest BCUT2D eigenvalue weighted by Gasteiger charge is 2.27. The molecule has 0 radical (unpaired) electrons. The minimum atomic E-state index is 0.449. The maximum atomic E-state index is 5.70. The summed E-state index contributed by atoms with van der Waals surface area (Å²) in [6.07, 6.45) is 1.30. The van der Waals surface area contributed by atoms with Gasteiger partial charge in [-0.1, -0.05) is 13.8 Å². The summed E-state index contributed by atoms with van der Waals surface area (Å²) >= 11 is 0. The summed E-state index contributed by atoms with van der Waals surface area (Å²) in [5.41, 5.74) is 5.70. The highest BCUT2D eigenvalue weighted by molar-refractivity contribution is 4.86. The van der Waals surface area contributed by atoms with Gasteiger partial charge in [0.25, 0.3) is 0 Å². The molecule has 1 fully saturated rings. The summed E-state index contributed by atoms with van der Waals surface area (Å²) in [4.78, 5) is 2.46. The van der Waals surface area contributed by atoms with Gasteiger partial charge < -0.3 is 5.73 Å². The molecule has 1 aliphatic rings. The van der Waals surface area contributed by atoms with Gasteiger partial charge in [-0.05, 0) is 19.3 Å². The van der Waals surface area contributed by atoms with Crippen molar-refractivity contribution in [1.29, 1.82) is 0 Å². The minimum Gasteiger partial charge on any atom is -0.325 e. The van der Waals surface area contributed by atoms with E-state index < -0.39 is 0 Å². The van der Waals surface area contributed by atoms with E-state index in [1.807, 2.05) is 0 Å². The third-order valence-corrected chi connectivity index (χ3v) is 2.37. The summed E-state index contributed by atoms with van der Waals surface area (Å²) in [7, 11) is 0. The Morgan fingerprint density at radius 2 is 1.91 bits per heavy atom. The molecular weight excluding hydrogens is 136 g/mol. The van der Waals surface area contributed by atoms with Crippen LogP contribution in [0.1, 0.15) is 27.2 Å². The zero-order valence-electron chi connectivity index (χ0n) is 7.88. The second-order valence-corrected chi connectivity index (χ2v) is 4.19. The minimum absolute atomic E-state index is 0.449. The van der Waals surface area contributed by atoms with Crippen molar-refractivity contribution in [3.8, 4) is 0 Å². The molecule has 66 valence electrons. The Morgan fingerprint density at radius 1 is 1.36 bits per heavy atom. The lowest BCUT2D eigenvalue weighted by atomic mass is 9.99. The van der Waals surface area contributed by atoms with Crippen LogP contribution in [0.15, 0.2) is 0 Å². The summed E-state index contributed by atoms with van der Waals surface area (Å²) < 4.78 is 0. The van der Waals surface area contributed by atoms with Crippen LogP contribution in [0, 0.1) is 5.92 Å². The molecule has 11 heavy (non-hydrogen) atoms. The maximum absolute atomic E-state index is 5.70. The molecule has 0 aliphatic carbocycles. The Morgan fingerprint density at radius 3 is 2.27 bits per heavy atom. The fraction of sp³-hybridized carbons (Fsp3) is 1.00. The van der Waals surface area contributed by atoms with E-state index in [9.17, 15) is 0 Å². The Kier molecular flexibility index (Phi) is 2.90. The second kappa shape index (κ2) is 3.55. The van der Waals surface area contributed by atoms with Crippen molar-refractivity contribution in [2.24, 2.45) is 11.7 Å². The number of hydrogen-bond donors (Lipinski definition) is 1. The van der Waals surface area contributed by atoms with Crippen LogP contribution in [-0.4, -0.2) is 30.1 Å². The van der Waals surface area contributed by atoms with E-state index in [-0.39, 0.29) is 0 Å². The first-order valence-corrected chi connectivity index (χ1v) is 4.59. The second-order valence-electron chi connectivity index (χ2n) is 4.19. The Labute approximate surface area is 69.8 Å². The van der Waals surface area contributed by atoms with Crippen LogP contribution in [-0.2, 0) is 0 Å². The van der Waals surface area contributed by atoms with Crippen LogP contribution in [0.4, 0.5) is 0 Å². The standard InChI is InChI=1S/C9H20N2/c1-7(2)4-8(3)11-5-9(10)6-11/h7-9H,4-6,10H2,1-3H3. The van der Waals surface area contributed by atoms with Crippen molar-refractivity contribution in [2.75, 3.05) is 13.1 Å². The van der Waals surface area contributed by atoms with E-state index in [1.54, 1.807) is 0 Å². The molecule has 0 aromatic rings. The first-order chi connectivity index (χ1) is 5.09. The molecule has 2 heteroatoms. The van der Waals surface area contributed by atoms with Gasteiger partial charge in [0.2, 0.25) is 0 Å². The number of nitrogens with zero attached hydrogens (tertiary/aromatic N) is 1. The third-order valence-electron chi connectivity index (χ3n) is 2.37. The molecule has 1 heterocycles. The molecule has 1 unspecified atom stereocenters. The first kappa shape index (κ1) is 9.01. The summed E-state index contributed by atoms with van der Waals surface area (Å²) in [6.45, 7) is 9.06. The monoisotopic (exact) mass is 156 g/mol. The molecule has 1 saturated heterocycles. The van der Waals surface area contributed by atoms with Crippen molar-refractivity contribution in [3.05, 3.63) is 0 Å². The molecule has 1 rings (SSSR count). The average Bonchev–Trinajstić information content (AvgIpc) is 1.79. The van der Waals surface area contributed by atoms with E-state index in [0.717, 1.165) is 25.0 Å². The smallest absolute Gasteiger partial charge is 0.0297 e. The molecule has 0 saturated carbocycles. The van der Waals surface area contributed by atoms with Crippen molar-refractivity contribution < 1.29 is 0 Å². The van der Waals surface area contributed by atoms with Crippen LogP contribution < -0.4 is 5.73 Å². The van der Waals surface area contributed by atoms with E-state index in [0.29, 0.717) is 6.04 Å². The SMILES string of the molecule is CC(C)CC(C)N1CC(N)C1. The van der Waals surface area contributed by atoms with E-state index in [1.165, 1.54) is 6.42 Å². The number of rotatable bonds is 3. The summed E-state index contributed by atoms with van der Waals surface area (Å²) in [6, 6.07) is 1.18. The zero-order valence-corrected chi connectivity index (χ0v) is 7.88. The molecule has 0 spiro atoms. The number of nitrogens with two attached hydrogens (primary N) is 1. The van der Waals surface area contributed by atoms with Crippen LogP contribution in [0.3, 0.4) is 0 Å². The van der Waals surface area contributed by atoms with Gasteiger partial charge in [0.05, 0.1) is 0 Å². The van der Waals surface area contributed by atoms with Crippen LogP contribution in [0.25, 0.3) is 0 Å². The molecule has 2 N–H and O–H groups in total. The van der Waals surface area contributed by atoms with Gasteiger partial charge in [0.1, 0.15) is 0 Å². The van der Waals surface area contributed by atoms with Gasteiger partial charge in [0, 0.05) is 25.2 Å². The molecule has 0 bridgehead atoms. The van der Waals surface area contributed by atoms with Crippen LogP contribution in [0.5, 0.6) is 0 Å². The molecule has 1 aliphatic heterocycles. The van der Waals surface area contributed by atoms with E-state index in [4.69, 9.17) is 5.73 Å². The predicted octanol–water partition coefficient (Wildman–Crippen LogP) is 1.06. The molecule has 2 nitrogen and oxygen atoms in total. The molecule has 0 aromatic carbocycles. The van der Waals surface area contributed by atoms with Gasteiger partial charge >= 0.3 is 0 Å². The Hall–Kier alpha value is -0.0800. The number of hydrogen-bond acceptors (Lipinski definition) is 2. The highest BCUT2D eigenvalue weighted by Crippen LogP contribution is 2.16. The van der Waals surface area contributed by atoms with Gasteiger partial charge in [-0.3, -0.25) is 4.90 Å². The quantitative estimate of drug-likeness (QED) is 0.662. The highest BCUT2D eigenvalue weighted by atomic mass is 15.2. The fourth-order valence-corrected chi connectivity index (χ4v) is 1.74. The van der Waals surface area contributed by atoms with Crippen molar-refractivity contribution in [2.45, 2.75) is 39.3 Å². The first-order valence-electron chi connectivity index (χ1n) is 4.59. The molecule has 1 atom stereocenters. The molecule has 0 amide bonds. The van der Waals surface area contributed by atoms with Crippen molar-refractivity contribution in [3.63, 3.8) is 0 Å². The van der Waals surface area contributed by atoms with E-state index in [2.05, 4.69) is 25.7 Å². The molecule has 0 aromatic heterocycles. The van der Waals surface area contributed by atoms with Gasteiger partial charge in [-0.2, -0.15) is 0 Å². The van der Waals surface area contributed by atoms with E-state index >= 15 is 0 Å². The van der Waals surface area contributed by atoms with Gasteiger partial charge in [-0.15, -0.1) is 0 Å². The maximum Gasteiger partial charge on any atom is 0.0297 e. The lowest BCUT2D eigenvalue weighted by Crippen LogP contribution is -2.58. The van der Waals surface area contributed by atoms with Crippen LogP contribution in [0.2, 0.25) is 0 Å². The lowest BCUT2D eigenvalue weighted by molar-refractivity contribution is 0.0911. The lowest BCUT2D eigenvalue weighted by Gasteiger charge is -2.41. The van der Waals surface area contributed by atoms with Crippen molar-refractivity contribution in [1.82, 2.24) is 4.90 Å². The zero-order chi connectivity index (χ0) is 8.43. The summed E-state index contributed by atoms with van der Waals surface area (Å²) in [5.74, 6) is 0.807. The van der Waals surface area contributed by atoms with Gasteiger partial charge in [0.15, 0.2) is 0 Å². The predicted molar refractivity (Wildman–Crippen MR) is 48.5 cm³/mol. The Bertz CT molecular complexity index is 117. The summed E-state index contributed by atoms with van der Waals surface area (Å²) in [5, 5.41) is 0. The number of likely N-dealkylation sites (tertiary alicyclic amines) is 1. The van der Waals surface area contributed by atoms with Gasteiger partial charge in [-0.25, -0.2) is 0 Å². The Balaban J connectivity index is 2.16.